The van der Waals surface area contributed by atoms with E-state index in [1.54, 1.807) is 0 Å². The number of nitrogens with zero attached hydrogens (tertiary/aromatic N) is 2. The molecule has 2 aromatic rings. The van der Waals surface area contributed by atoms with Crippen LogP contribution in [0.25, 0.3) is 4.98 Å². The van der Waals surface area contributed by atoms with Crippen molar-refractivity contribution in [2.45, 2.75) is 23.0 Å². The lowest BCUT2D eigenvalue weighted by Crippen LogP contribution is -1.92. The first-order chi connectivity index (χ1) is 9.86. The third kappa shape index (κ3) is 3.00. The highest BCUT2D eigenvalue weighted by Gasteiger charge is 2.19. The molecule has 0 radical (unpaired) electrons. The number of benzene rings is 2. The maximum Gasteiger partial charge on any atom is 0.393 e. The minimum atomic E-state index is 0.761. The molecule has 0 saturated heterocycles. The molecule has 3 rings (SSSR count). The number of hydrogen-bond acceptors (Lipinski definition) is 3. The zero-order valence-electron chi connectivity index (χ0n) is 11.1. The van der Waals surface area contributed by atoms with Crippen LogP contribution in [0, 0.1) is 5.39 Å². The second-order valence-electron chi connectivity index (χ2n) is 4.83. The predicted octanol–water partition coefficient (Wildman–Crippen LogP) is 5.35. The Kier molecular flexibility index (Phi) is 4.29. The molecule has 4 heteroatoms. The molecule has 0 fully saturated rings. The van der Waals surface area contributed by atoms with E-state index in [0.717, 1.165) is 39.8 Å². The number of fused-ring (bicyclic) bond motifs is 4. The van der Waals surface area contributed by atoms with Crippen molar-refractivity contribution < 1.29 is 0 Å². The summed E-state index contributed by atoms with van der Waals surface area (Å²) in [5, 5.41) is 9.30. The van der Waals surface area contributed by atoms with Crippen LogP contribution in [0.3, 0.4) is 0 Å². The van der Waals surface area contributed by atoms with Crippen LogP contribution in [0.5, 0.6) is 0 Å². The molecule has 0 amide bonds. The molecule has 0 aromatic heterocycles. The monoisotopic (exact) mass is 299 g/mol. The molecule has 0 atom stereocenters. The van der Waals surface area contributed by atoms with E-state index in [0.29, 0.717) is 0 Å². The molecule has 1 aliphatic heterocycles. The van der Waals surface area contributed by atoms with E-state index in [2.05, 4.69) is 47.4 Å². The first kappa shape index (κ1) is 13.5. The van der Waals surface area contributed by atoms with Crippen molar-refractivity contribution in [3.05, 3.63) is 69.7 Å². The number of thioether (sulfide) groups is 2. The van der Waals surface area contributed by atoms with E-state index >= 15 is 0 Å². The normalized spacial score (nSPS) is 14.8. The summed E-state index contributed by atoms with van der Waals surface area (Å²) in [6.45, 7) is 0. The maximum absolute atomic E-state index is 9.30. The zero-order valence-corrected chi connectivity index (χ0v) is 12.7. The molecule has 2 nitrogen and oxygen atoms in total. The SMILES string of the molecule is N#[N+]c1c2cccc1CSCc1cccc(c1)CSC2. The fraction of sp³-hybridized carbons (Fsp3) is 0.250. The van der Waals surface area contributed by atoms with Gasteiger partial charge in [0.1, 0.15) is 0 Å². The van der Waals surface area contributed by atoms with Crippen LogP contribution in [0.15, 0.2) is 42.5 Å². The quantitative estimate of drug-likeness (QED) is 0.614. The second kappa shape index (κ2) is 6.34. The number of hydrogen-bond donors (Lipinski definition) is 0. The highest BCUT2D eigenvalue weighted by atomic mass is 32.2. The zero-order chi connectivity index (χ0) is 13.8. The van der Waals surface area contributed by atoms with Crippen LogP contribution < -0.4 is 0 Å². The Bertz CT molecular complexity index is 618. The lowest BCUT2D eigenvalue weighted by molar-refractivity contribution is 1.28. The standard InChI is InChI=1S/C16H15N2S2/c17-18-16-14-5-2-6-15(16)11-20-9-13-4-1-3-12(7-13)8-19-10-14/h1-7H,8-11H2/q+1. The highest BCUT2D eigenvalue weighted by molar-refractivity contribution is 7.98. The van der Waals surface area contributed by atoms with Gasteiger partial charge in [-0.25, -0.2) is 0 Å². The Balaban J connectivity index is 1.92. The van der Waals surface area contributed by atoms with Gasteiger partial charge in [0.2, 0.25) is 5.39 Å². The molecule has 0 unspecified atom stereocenters. The minimum absolute atomic E-state index is 0.761. The summed E-state index contributed by atoms with van der Waals surface area (Å²) in [5.74, 6) is 3.74. The Morgan fingerprint density at radius 3 is 1.90 bits per heavy atom. The molecule has 0 spiro atoms. The van der Waals surface area contributed by atoms with Gasteiger partial charge in [0.15, 0.2) is 4.98 Å². The van der Waals surface area contributed by atoms with Crippen LogP contribution >= 0.6 is 23.5 Å². The smallest absolute Gasteiger partial charge is 0.152 e. The molecule has 0 N–H and O–H groups in total. The summed E-state index contributed by atoms with van der Waals surface area (Å²) in [6.07, 6.45) is 0. The van der Waals surface area contributed by atoms with Gasteiger partial charge in [0, 0.05) is 23.0 Å². The molecule has 0 aliphatic carbocycles. The molecule has 20 heavy (non-hydrogen) atoms. The number of diazo groups is 1. The van der Waals surface area contributed by atoms with Crippen molar-refractivity contribution in [3.63, 3.8) is 0 Å². The van der Waals surface area contributed by atoms with E-state index in [1.807, 2.05) is 23.5 Å². The van der Waals surface area contributed by atoms with Gasteiger partial charge in [0.05, 0.1) is 11.1 Å². The molecule has 100 valence electrons. The maximum atomic E-state index is 9.30. The Hall–Kier alpha value is -1.44. The Labute approximate surface area is 127 Å². The van der Waals surface area contributed by atoms with Crippen LogP contribution in [0.1, 0.15) is 22.3 Å². The lowest BCUT2D eigenvalue weighted by Gasteiger charge is -2.08. The van der Waals surface area contributed by atoms with Gasteiger partial charge in [-0.15, -0.1) is 0 Å². The van der Waals surface area contributed by atoms with E-state index in [9.17, 15) is 5.39 Å². The van der Waals surface area contributed by atoms with E-state index in [4.69, 9.17) is 0 Å². The Morgan fingerprint density at radius 1 is 0.800 bits per heavy atom. The predicted molar refractivity (Wildman–Crippen MR) is 87.6 cm³/mol. The van der Waals surface area contributed by atoms with Crippen molar-refractivity contribution in [1.82, 2.24) is 0 Å². The van der Waals surface area contributed by atoms with Crippen molar-refractivity contribution >= 4 is 29.2 Å². The largest absolute Gasteiger partial charge is 0.393 e. The highest BCUT2D eigenvalue weighted by Crippen LogP contribution is 2.33. The summed E-state index contributed by atoms with van der Waals surface area (Å²) < 4.78 is 0. The summed E-state index contributed by atoms with van der Waals surface area (Å²) in [5.41, 5.74) is 5.73. The molecule has 0 saturated carbocycles. The second-order valence-corrected chi connectivity index (χ2v) is 6.80. The summed E-state index contributed by atoms with van der Waals surface area (Å²) >= 11 is 3.73. The number of rotatable bonds is 0. The summed E-state index contributed by atoms with van der Waals surface area (Å²) in [4.78, 5) is 3.52. The van der Waals surface area contributed by atoms with Gasteiger partial charge in [-0.05, 0) is 11.1 Å². The van der Waals surface area contributed by atoms with Gasteiger partial charge in [-0.3, -0.25) is 0 Å². The first-order valence-corrected chi connectivity index (χ1v) is 8.87. The van der Waals surface area contributed by atoms with Gasteiger partial charge in [0.25, 0.3) is 0 Å². The van der Waals surface area contributed by atoms with Crippen molar-refractivity contribution in [1.29, 1.82) is 5.39 Å². The molecule has 1 aliphatic rings. The van der Waals surface area contributed by atoms with Crippen molar-refractivity contribution in [3.8, 4) is 0 Å². The van der Waals surface area contributed by atoms with Crippen LogP contribution in [0.4, 0.5) is 5.69 Å². The van der Waals surface area contributed by atoms with Crippen LogP contribution in [-0.2, 0) is 23.0 Å². The van der Waals surface area contributed by atoms with Crippen molar-refractivity contribution in [2.24, 2.45) is 0 Å². The molecule has 2 aromatic carbocycles. The fourth-order valence-corrected chi connectivity index (χ4v) is 4.31. The summed E-state index contributed by atoms with van der Waals surface area (Å²) in [7, 11) is 0. The molecular weight excluding hydrogens is 284 g/mol. The van der Waals surface area contributed by atoms with E-state index in [1.165, 1.54) is 11.1 Å². The molecule has 4 bridgehead atoms. The van der Waals surface area contributed by atoms with Gasteiger partial charge in [-0.2, -0.15) is 23.5 Å². The molecule has 1 heterocycles. The summed E-state index contributed by atoms with van der Waals surface area (Å²) in [6, 6.07) is 15.0. The van der Waals surface area contributed by atoms with Crippen molar-refractivity contribution in [2.75, 3.05) is 0 Å². The molecular formula is C16H15N2S2+. The van der Waals surface area contributed by atoms with Gasteiger partial charge in [-0.1, -0.05) is 42.5 Å². The fourth-order valence-electron chi connectivity index (χ4n) is 2.37. The van der Waals surface area contributed by atoms with E-state index < -0.39 is 0 Å². The topological polar surface area (TPSA) is 28.1 Å². The Morgan fingerprint density at radius 2 is 1.35 bits per heavy atom. The van der Waals surface area contributed by atoms with Crippen LogP contribution in [-0.4, -0.2) is 0 Å². The lowest BCUT2D eigenvalue weighted by atomic mass is 10.1. The van der Waals surface area contributed by atoms with Gasteiger partial charge >= 0.3 is 5.69 Å². The van der Waals surface area contributed by atoms with E-state index in [-0.39, 0.29) is 0 Å². The minimum Gasteiger partial charge on any atom is -0.152 e. The average Bonchev–Trinajstić information content (AvgIpc) is 2.47. The third-order valence-electron chi connectivity index (χ3n) is 3.35. The first-order valence-electron chi connectivity index (χ1n) is 6.56. The third-order valence-corrected chi connectivity index (χ3v) is 5.45. The van der Waals surface area contributed by atoms with Gasteiger partial charge < -0.3 is 0 Å². The average molecular weight is 299 g/mol. The van der Waals surface area contributed by atoms with Crippen LogP contribution in [0.2, 0.25) is 0 Å².